The minimum atomic E-state index is -1.01. The number of amides is 2. The molecule has 2 fully saturated rings. The van der Waals surface area contributed by atoms with Gasteiger partial charge >= 0.3 is 0 Å². The molecule has 3 heterocycles. The second-order valence-corrected chi connectivity index (χ2v) is 8.18. The molecule has 2 aromatic heterocycles. The van der Waals surface area contributed by atoms with Gasteiger partial charge in [-0.2, -0.15) is 5.10 Å². The summed E-state index contributed by atoms with van der Waals surface area (Å²) < 4.78 is 6.38. The van der Waals surface area contributed by atoms with Gasteiger partial charge in [-0.1, -0.05) is 12.8 Å². The number of hydrogen-bond donors (Lipinski definition) is 2. The lowest BCUT2D eigenvalue weighted by Gasteiger charge is -2.52. The normalized spacial score (nSPS) is 23.4. The number of furan rings is 1. The van der Waals surface area contributed by atoms with E-state index in [1.54, 1.807) is 30.9 Å². The predicted octanol–water partition coefficient (Wildman–Crippen LogP) is 1.13. The molecule has 0 bridgehead atoms. The molecule has 1 saturated heterocycles. The standard InChI is InChI=1S/C20H25N5O4/c1-20(2)19(28)22-13-6-3-4-7-15(13)25(20)17(26)11-24-18(27)12(21)10-14(23-24)16-8-5-9-29-16/h5,8-10,13,15H,3-4,6-7,11,21H2,1-2H3,(H,22,28)/t13-,15-/m0/s1. The van der Waals surface area contributed by atoms with Crippen LogP contribution >= 0.6 is 0 Å². The van der Waals surface area contributed by atoms with Gasteiger partial charge in [0.05, 0.1) is 12.3 Å². The number of rotatable bonds is 3. The molecule has 9 nitrogen and oxygen atoms in total. The van der Waals surface area contributed by atoms with Crippen molar-refractivity contribution in [2.45, 2.75) is 63.7 Å². The molecule has 154 valence electrons. The fourth-order valence-electron chi connectivity index (χ4n) is 4.37. The van der Waals surface area contributed by atoms with Crippen molar-refractivity contribution in [3.8, 4) is 11.5 Å². The molecule has 0 unspecified atom stereocenters. The third kappa shape index (κ3) is 3.30. The number of nitrogen functional groups attached to an aromatic ring is 1. The van der Waals surface area contributed by atoms with Crippen molar-refractivity contribution in [2.24, 2.45) is 0 Å². The summed E-state index contributed by atoms with van der Waals surface area (Å²) >= 11 is 0. The van der Waals surface area contributed by atoms with Crippen LogP contribution in [0.1, 0.15) is 39.5 Å². The van der Waals surface area contributed by atoms with Gasteiger partial charge in [0.1, 0.15) is 23.5 Å². The summed E-state index contributed by atoms with van der Waals surface area (Å²) in [6, 6.07) is 4.68. The summed E-state index contributed by atoms with van der Waals surface area (Å²) in [5.41, 5.74) is 4.64. The van der Waals surface area contributed by atoms with Gasteiger partial charge in [-0.15, -0.1) is 0 Å². The van der Waals surface area contributed by atoms with Crippen molar-refractivity contribution in [3.63, 3.8) is 0 Å². The molecular weight excluding hydrogens is 374 g/mol. The number of nitrogens with zero attached hydrogens (tertiary/aromatic N) is 3. The monoisotopic (exact) mass is 399 g/mol. The largest absolute Gasteiger partial charge is 0.463 e. The van der Waals surface area contributed by atoms with Gasteiger partial charge in [0.15, 0.2) is 5.76 Å². The zero-order chi connectivity index (χ0) is 20.8. The quantitative estimate of drug-likeness (QED) is 0.798. The van der Waals surface area contributed by atoms with Gasteiger partial charge in [0, 0.05) is 6.04 Å². The number of anilines is 1. The van der Waals surface area contributed by atoms with Gasteiger partial charge < -0.3 is 20.4 Å². The number of nitrogens with one attached hydrogen (secondary N) is 1. The SMILES string of the molecule is CC1(C)C(=O)N[C@H]2CCCC[C@@H]2N1C(=O)Cn1nc(-c2ccco2)cc(N)c1=O. The molecule has 0 aromatic carbocycles. The Morgan fingerprint density at radius 3 is 2.83 bits per heavy atom. The van der Waals surface area contributed by atoms with E-state index in [2.05, 4.69) is 10.4 Å². The van der Waals surface area contributed by atoms with Crippen molar-refractivity contribution < 1.29 is 14.0 Å². The van der Waals surface area contributed by atoms with Crippen molar-refractivity contribution >= 4 is 17.5 Å². The van der Waals surface area contributed by atoms with Crippen LogP contribution in [0.15, 0.2) is 33.7 Å². The van der Waals surface area contributed by atoms with Crippen LogP contribution < -0.4 is 16.6 Å². The number of aromatic nitrogens is 2. The van der Waals surface area contributed by atoms with Crippen LogP contribution in [0.5, 0.6) is 0 Å². The van der Waals surface area contributed by atoms with E-state index in [-0.39, 0.29) is 36.1 Å². The Labute approximate surface area is 167 Å². The number of hydrogen-bond acceptors (Lipinski definition) is 6. The summed E-state index contributed by atoms with van der Waals surface area (Å²) in [4.78, 5) is 40.1. The minimum Gasteiger partial charge on any atom is -0.463 e. The van der Waals surface area contributed by atoms with E-state index in [4.69, 9.17) is 10.2 Å². The maximum absolute atomic E-state index is 13.3. The summed E-state index contributed by atoms with van der Waals surface area (Å²) in [7, 11) is 0. The van der Waals surface area contributed by atoms with Gasteiger partial charge in [0.25, 0.3) is 5.56 Å². The number of fused-ring (bicyclic) bond motifs is 1. The Bertz CT molecular complexity index is 995. The second-order valence-electron chi connectivity index (χ2n) is 8.18. The van der Waals surface area contributed by atoms with E-state index in [0.29, 0.717) is 11.5 Å². The molecule has 0 spiro atoms. The van der Waals surface area contributed by atoms with Crippen LogP contribution in [0.25, 0.3) is 11.5 Å². The first-order valence-electron chi connectivity index (χ1n) is 9.83. The number of nitrogens with two attached hydrogens (primary N) is 1. The van der Waals surface area contributed by atoms with Gasteiger partial charge in [-0.25, -0.2) is 4.68 Å². The molecule has 1 aliphatic heterocycles. The Morgan fingerprint density at radius 2 is 2.10 bits per heavy atom. The molecule has 1 saturated carbocycles. The second kappa shape index (κ2) is 7.06. The third-order valence-corrected chi connectivity index (χ3v) is 5.86. The number of carbonyl (C=O) groups excluding carboxylic acids is 2. The van der Waals surface area contributed by atoms with Crippen LogP contribution in [0.2, 0.25) is 0 Å². The van der Waals surface area contributed by atoms with Crippen molar-refractivity contribution in [3.05, 3.63) is 34.8 Å². The molecule has 2 atom stereocenters. The summed E-state index contributed by atoms with van der Waals surface area (Å²) in [6.45, 7) is 3.17. The average Bonchev–Trinajstić information content (AvgIpc) is 3.20. The highest BCUT2D eigenvalue weighted by Crippen LogP contribution is 2.33. The van der Waals surface area contributed by atoms with Crippen LogP contribution in [0.3, 0.4) is 0 Å². The van der Waals surface area contributed by atoms with E-state index in [0.717, 1.165) is 30.4 Å². The van der Waals surface area contributed by atoms with E-state index < -0.39 is 11.1 Å². The first kappa shape index (κ1) is 19.2. The summed E-state index contributed by atoms with van der Waals surface area (Å²) in [6.07, 6.45) is 5.17. The fourth-order valence-corrected chi connectivity index (χ4v) is 4.37. The molecule has 2 aliphatic rings. The van der Waals surface area contributed by atoms with Crippen LogP contribution in [-0.4, -0.2) is 44.1 Å². The molecule has 0 radical (unpaired) electrons. The molecule has 3 N–H and O–H groups in total. The highest BCUT2D eigenvalue weighted by molar-refractivity contribution is 5.92. The minimum absolute atomic E-state index is 0.0228. The predicted molar refractivity (Wildman–Crippen MR) is 106 cm³/mol. The third-order valence-electron chi connectivity index (χ3n) is 5.86. The molecule has 2 aromatic rings. The first-order valence-corrected chi connectivity index (χ1v) is 9.83. The Morgan fingerprint density at radius 1 is 1.34 bits per heavy atom. The maximum Gasteiger partial charge on any atom is 0.290 e. The van der Waals surface area contributed by atoms with Gasteiger partial charge in [-0.05, 0) is 44.9 Å². The summed E-state index contributed by atoms with van der Waals surface area (Å²) in [5.74, 6) is -0.0616. The van der Waals surface area contributed by atoms with Gasteiger partial charge in [-0.3, -0.25) is 14.4 Å². The highest BCUT2D eigenvalue weighted by atomic mass is 16.3. The highest BCUT2D eigenvalue weighted by Gasteiger charge is 2.49. The Kier molecular flexibility index (Phi) is 4.68. The lowest BCUT2D eigenvalue weighted by molar-refractivity contribution is -0.158. The van der Waals surface area contributed by atoms with Gasteiger partial charge in [0.2, 0.25) is 11.8 Å². The molecular formula is C20H25N5O4. The lowest BCUT2D eigenvalue weighted by Crippen LogP contribution is -2.72. The van der Waals surface area contributed by atoms with Crippen molar-refractivity contribution in [1.82, 2.24) is 20.0 Å². The average molecular weight is 399 g/mol. The van der Waals surface area contributed by atoms with E-state index in [9.17, 15) is 14.4 Å². The van der Waals surface area contributed by atoms with Crippen LogP contribution in [0, 0.1) is 0 Å². The molecule has 1 aliphatic carbocycles. The molecule has 4 rings (SSSR count). The van der Waals surface area contributed by atoms with Crippen LogP contribution in [-0.2, 0) is 16.1 Å². The topological polar surface area (TPSA) is 123 Å². The Hall–Kier alpha value is -3.10. The van der Waals surface area contributed by atoms with Crippen molar-refractivity contribution in [2.75, 3.05) is 5.73 Å². The molecule has 29 heavy (non-hydrogen) atoms. The number of carbonyl (C=O) groups is 2. The van der Waals surface area contributed by atoms with E-state index >= 15 is 0 Å². The zero-order valence-corrected chi connectivity index (χ0v) is 16.6. The van der Waals surface area contributed by atoms with E-state index in [1.165, 1.54) is 12.3 Å². The number of piperazine rings is 1. The zero-order valence-electron chi connectivity index (χ0n) is 16.6. The van der Waals surface area contributed by atoms with Crippen LogP contribution in [0.4, 0.5) is 5.69 Å². The van der Waals surface area contributed by atoms with E-state index in [1.807, 2.05) is 0 Å². The first-order chi connectivity index (χ1) is 13.8. The summed E-state index contributed by atoms with van der Waals surface area (Å²) in [5, 5.41) is 7.32. The molecule has 9 heteroatoms. The van der Waals surface area contributed by atoms with Crippen molar-refractivity contribution in [1.29, 1.82) is 0 Å². The lowest BCUT2D eigenvalue weighted by atomic mass is 9.82. The maximum atomic E-state index is 13.3. The smallest absolute Gasteiger partial charge is 0.290 e. The Balaban J connectivity index is 1.67. The molecule has 2 amide bonds. The fraction of sp³-hybridized carbons (Fsp3) is 0.500.